The van der Waals surface area contributed by atoms with E-state index in [1.807, 2.05) is 13.8 Å². The van der Waals surface area contributed by atoms with Gasteiger partial charge in [-0.1, -0.05) is 13.3 Å². The highest BCUT2D eigenvalue weighted by atomic mass is 31.2. The molecule has 5 heteroatoms. The van der Waals surface area contributed by atoms with E-state index in [0.717, 1.165) is 12.8 Å². The Hall–Kier alpha value is 0.110. The number of nitrogens with one attached hydrogen (secondary N) is 1. The molecule has 0 rings (SSSR count). The SMILES string of the molecule is CCCC(C)(C)NP(=O)(OCC)OCC. The van der Waals surface area contributed by atoms with Gasteiger partial charge in [0.2, 0.25) is 0 Å². The van der Waals surface area contributed by atoms with E-state index < -0.39 is 7.75 Å². The molecule has 1 N–H and O–H groups in total. The van der Waals surface area contributed by atoms with Crippen LogP contribution in [0.25, 0.3) is 0 Å². The first-order valence-electron chi connectivity index (χ1n) is 5.57. The third kappa shape index (κ3) is 6.31. The highest BCUT2D eigenvalue weighted by Gasteiger charge is 2.31. The molecule has 0 aromatic heterocycles. The second-order valence-electron chi connectivity index (χ2n) is 4.08. The highest BCUT2D eigenvalue weighted by Crippen LogP contribution is 2.46. The van der Waals surface area contributed by atoms with Gasteiger partial charge in [-0.25, -0.2) is 9.65 Å². The van der Waals surface area contributed by atoms with Gasteiger partial charge in [0.15, 0.2) is 0 Å². The summed E-state index contributed by atoms with van der Waals surface area (Å²) in [6.07, 6.45) is 1.95. The van der Waals surface area contributed by atoms with Gasteiger partial charge in [-0.2, -0.15) is 0 Å². The normalized spacial score (nSPS) is 13.1. The van der Waals surface area contributed by atoms with Gasteiger partial charge >= 0.3 is 7.75 Å². The van der Waals surface area contributed by atoms with Crippen LogP contribution in [0, 0.1) is 0 Å². The van der Waals surface area contributed by atoms with Crippen LogP contribution in [0.4, 0.5) is 0 Å². The zero-order chi connectivity index (χ0) is 11.9. The molecule has 0 aromatic carbocycles. The van der Waals surface area contributed by atoms with Crippen molar-refractivity contribution in [1.82, 2.24) is 5.09 Å². The van der Waals surface area contributed by atoms with Crippen molar-refractivity contribution < 1.29 is 13.6 Å². The van der Waals surface area contributed by atoms with Gasteiger partial charge in [-0.3, -0.25) is 9.05 Å². The zero-order valence-corrected chi connectivity index (χ0v) is 11.4. The predicted molar refractivity (Wildman–Crippen MR) is 63.0 cm³/mol. The molecule has 92 valence electrons. The summed E-state index contributed by atoms with van der Waals surface area (Å²) in [6, 6.07) is 0. The van der Waals surface area contributed by atoms with Crippen molar-refractivity contribution in [2.24, 2.45) is 0 Å². The Morgan fingerprint density at radius 1 is 1.13 bits per heavy atom. The van der Waals surface area contributed by atoms with Gasteiger partial charge in [-0.15, -0.1) is 0 Å². The first-order chi connectivity index (χ1) is 6.89. The Morgan fingerprint density at radius 3 is 1.93 bits per heavy atom. The number of hydrogen-bond donors (Lipinski definition) is 1. The van der Waals surface area contributed by atoms with Crippen molar-refractivity contribution in [2.75, 3.05) is 13.2 Å². The quantitative estimate of drug-likeness (QED) is 0.658. The Kier molecular flexibility index (Phi) is 6.69. The van der Waals surface area contributed by atoms with E-state index in [9.17, 15) is 4.57 Å². The van der Waals surface area contributed by atoms with E-state index in [0.29, 0.717) is 13.2 Å². The summed E-state index contributed by atoms with van der Waals surface area (Å²) in [6.45, 7) is 10.5. The maximum absolute atomic E-state index is 12.1. The average molecular weight is 237 g/mol. The van der Waals surface area contributed by atoms with Gasteiger partial charge in [-0.05, 0) is 34.1 Å². The minimum atomic E-state index is -3.12. The van der Waals surface area contributed by atoms with E-state index in [4.69, 9.17) is 9.05 Å². The van der Waals surface area contributed by atoms with Crippen molar-refractivity contribution in [2.45, 2.75) is 53.0 Å². The molecule has 0 aliphatic carbocycles. The lowest BCUT2D eigenvalue weighted by Gasteiger charge is -2.30. The fourth-order valence-corrected chi connectivity index (χ4v) is 3.23. The molecule has 0 aliphatic heterocycles. The zero-order valence-electron chi connectivity index (χ0n) is 10.5. The molecule has 0 saturated heterocycles. The number of rotatable bonds is 8. The van der Waals surface area contributed by atoms with Crippen LogP contribution in [-0.4, -0.2) is 18.8 Å². The van der Waals surface area contributed by atoms with Crippen LogP contribution in [0.15, 0.2) is 0 Å². The van der Waals surface area contributed by atoms with Crippen molar-refractivity contribution in [3.8, 4) is 0 Å². The lowest BCUT2D eigenvalue weighted by Crippen LogP contribution is -2.37. The third-order valence-corrected chi connectivity index (χ3v) is 3.99. The van der Waals surface area contributed by atoms with Gasteiger partial charge < -0.3 is 0 Å². The van der Waals surface area contributed by atoms with Crippen LogP contribution in [-0.2, 0) is 13.6 Å². The van der Waals surface area contributed by atoms with E-state index >= 15 is 0 Å². The highest BCUT2D eigenvalue weighted by molar-refractivity contribution is 7.51. The molecule has 0 aromatic rings. The third-order valence-electron chi connectivity index (χ3n) is 1.91. The molecule has 0 amide bonds. The molecule has 0 heterocycles. The molecule has 0 unspecified atom stereocenters. The molecule has 0 bridgehead atoms. The van der Waals surface area contributed by atoms with Gasteiger partial charge in [0.05, 0.1) is 13.2 Å². The summed E-state index contributed by atoms with van der Waals surface area (Å²) < 4.78 is 22.5. The Bertz CT molecular complexity index is 209. The van der Waals surface area contributed by atoms with Crippen LogP contribution >= 0.6 is 7.75 Å². The average Bonchev–Trinajstić information content (AvgIpc) is 2.02. The lowest BCUT2D eigenvalue weighted by atomic mass is 10.0. The lowest BCUT2D eigenvalue weighted by molar-refractivity contribution is 0.197. The predicted octanol–water partition coefficient (Wildman–Crippen LogP) is 3.34. The molecule has 0 aliphatic rings. The summed E-state index contributed by atoms with van der Waals surface area (Å²) in [4.78, 5) is 0. The summed E-state index contributed by atoms with van der Waals surface area (Å²) in [5, 5.41) is 2.98. The van der Waals surface area contributed by atoms with E-state index in [1.165, 1.54) is 0 Å². The molecule has 0 radical (unpaired) electrons. The second-order valence-corrected chi connectivity index (χ2v) is 5.81. The minimum Gasteiger partial charge on any atom is -0.297 e. The van der Waals surface area contributed by atoms with Crippen LogP contribution in [0.2, 0.25) is 0 Å². The van der Waals surface area contributed by atoms with Crippen LogP contribution in [0.1, 0.15) is 47.5 Å². The topological polar surface area (TPSA) is 47.6 Å². The van der Waals surface area contributed by atoms with Gasteiger partial charge in [0.1, 0.15) is 0 Å². The van der Waals surface area contributed by atoms with Crippen LogP contribution < -0.4 is 5.09 Å². The fourth-order valence-electron chi connectivity index (χ4n) is 1.49. The first-order valence-corrected chi connectivity index (χ1v) is 7.12. The number of hydrogen-bond acceptors (Lipinski definition) is 3. The largest absolute Gasteiger partial charge is 0.405 e. The van der Waals surface area contributed by atoms with Crippen molar-refractivity contribution in [1.29, 1.82) is 0 Å². The van der Waals surface area contributed by atoms with Crippen LogP contribution in [0.5, 0.6) is 0 Å². The summed E-state index contributed by atoms with van der Waals surface area (Å²) in [7, 11) is -3.12. The van der Waals surface area contributed by atoms with Crippen molar-refractivity contribution >= 4 is 7.75 Å². The molecule has 0 atom stereocenters. The van der Waals surface area contributed by atoms with Gasteiger partial charge in [0, 0.05) is 5.54 Å². The summed E-state index contributed by atoms with van der Waals surface area (Å²) in [5.74, 6) is 0. The Balaban J connectivity index is 4.45. The molecule has 4 nitrogen and oxygen atoms in total. The van der Waals surface area contributed by atoms with E-state index in [2.05, 4.69) is 12.0 Å². The molecule has 0 saturated carbocycles. The van der Waals surface area contributed by atoms with Crippen molar-refractivity contribution in [3.05, 3.63) is 0 Å². The molecular weight excluding hydrogens is 213 g/mol. The molecule has 0 spiro atoms. The molecule has 0 fully saturated rings. The maximum atomic E-state index is 12.1. The molecular formula is C10H24NO3P. The van der Waals surface area contributed by atoms with Crippen LogP contribution in [0.3, 0.4) is 0 Å². The standard InChI is InChI=1S/C10H24NO3P/c1-6-9-10(4,5)11-15(12,13-7-2)14-8-3/h6-9H2,1-5H3,(H,11,12). The second kappa shape index (κ2) is 6.64. The smallest absolute Gasteiger partial charge is 0.297 e. The summed E-state index contributed by atoms with van der Waals surface area (Å²) >= 11 is 0. The maximum Gasteiger partial charge on any atom is 0.405 e. The first kappa shape index (κ1) is 15.1. The monoisotopic (exact) mass is 237 g/mol. The molecule has 15 heavy (non-hydrogen) atoms. The van der Waals surface area contributed by atoms with E-state index in [1.54, 1.807) is 13.8 Å². The van der Waals surface area contributed by atoms with Crippen molar-refractivity contribution in [3.63, 3.8) is 0 Å². The summed E-state index contributed by atoms with van der Waals surface area (Å²) in [5.41, 5.74) is -0.228. The van der Waals surface area contributed by atoms with E-state index in [-0.39, 0.29) is 5.54 Å². The Morgan fingerprint density at radius 2 is 1.60 bits per heavy atom. The van der Waals surface area contributed by atoms with Gasteiger partial charge in [0.25, 0.3) is 0 Å². The fraction of sp³-hybridized carbons (Fsp3) is 1.00. The minimum absolute atomic E-state index is 0.228. The Labute approximate surface area is 93.3 Å².